The van der Waals surface area contributed by atoms with Crippen molar-refractivity contribution in [3.05, 3.63) is 46.9 Å². The van der Waals surface area contributed by atoms with Crippen molar-refractivity contribution in [2.45, 2.75) is 19.9 Å². The van der Waals surface area contributed by atoms with Crippen molar-refractivity contribution in [3.8, 4) is 0 Å². The van der Waals surface area contributed by atoms with E-state index in [-0.39, 0.29) is 17.9 Å². The van der Waals surface area contributed by atoms with Crippen molar-refractivity contribution in [2.24, 2.45) is 5.92 Å². The zero-order valence-corrected chi connectivity index (χ0v) is 17.4. The smallest absolute Gasteiger partial charge is 0.253 e. The van der Waals surface area contributed by atoms with Gasteiger partial charge in [0.2, 0.25) is 0 Å². The van der Waals surface area contributed by atoms with Crippen LogP contribution in [0.25, 0.3) is 10.2 Å². The Bertz CT molecular complexity index is 1070. The molecule has 2 bridgehead atoms. The van der Waals surface area contributed by atoms with Gasteiger partial charge in [0.05, 0.1) is 46.4 Å². The molecule has 0 spiro atoms. The van der Waals surface area contributed by atoms with E-state index in [0.717, 1.165) is 38.8 Å². The summed E-state index contributed by atoms with van der Waals surface area (Å²) in [4.78, 5) is 31.1. The molecule has 0 unspecified atom stereocenters. The molecule has 7 nitrogen and oxygen atoms in total. The maximum atomic E-state index is 13.4. The first kappa shape index (κ1) is 18.4. The minimum Gasteiger partial charge on any atom is -0.379 e. The molecule has 2 aliphatic heterocycles. The topological polar surface area (TPSA) is 71.5 Å². The number of amides is 1. The lowest BCUT2D eigenvalue weighted by Crippen LogP contribution is -2.46. The maximum absolute atomic E-state index is 13.4. The second kappa shape index (κ2) is 7.35. The first-order valence-corrected chi connectivity index (χ1v) is 10.7. The third kappa shape index (κ3) is 3.58. The Morgan fingerprint density at radius 1 is 1.14 bits per heavy atom. The molecule has 0 aliphatic carbocycles. The molecular weight excluding hydrogens is 386 g/mol. The number of fused-ring (bicyclic) bond motifs is 4. The number of aromatic nitrogens is 3. The summed E-state index contributed by atoms with van der Waals surface area (Å²) in [6, 6.07) is 5.88. The van der Waals surface area contributed by atoms with Crippen LogP contribution >= 0.6 is 11.3 Å². The molecule has 2 saturated heterocycles. The molecule has 2 aromatic heterocycles. The fraction of sp³-hybridized carbons (Fsp3) is 0.429. The number of thiazole rings is 1. The molecule has 0 N–H and O–H groups in total. The zero-order chi connectivity index (χ0) is 20.0. The summed E-state index contributed by atoms with van der Waals surface area (Å²) in [7, 11) is 0. The van der Waals surface area contributed by atoms with Crippen molar-refractivity contribution < 1.29 is 9.53 Å². The van der Waals surface area contributed by atoms with Gasteiger partial charge >= 0.3 is 0 Å². The summed E-state index contributed by atoms with van der Waals surface area (Å²) in [6.45, 7) is 7.30. The number of hydrogen-bond donors (Lipinski definition) is 0. The van der Waals surface area contributed by atoms with Gasteiger partial charge in [-0.3, -0.25) is 9.78 Å². The second-order valence-corrected chi connectivity index (χ2v) is 9.09. The molecule has 8 heteroatoms. The van der Waals surface area contributed by atoms with E-state index in [2.05, 4.69) is 19.9 Å². The zero-order valence-electron chi connectivity index (χ0n) is 16.5. The van der Waals surface area contributed by atoms with E-state index < -0.39 is 0 Å². The van der Waals surface area contributed by atoms with Crippen LogP contribution in [0.1, 0.15) is 21.1 Å². The number of rotatable bonds is 2. The SMILES string of the molecule is Cc1cncc(N2C[C@H]3COC[C@@H]2CN(C(=O)c2ccc4nc(C)sc4c2)C3)n1. The number of aryl methyl sites for hydroxylation is 2. The second-order valence-electron chi connectivity index (χ2n) is 7.85. The van der Waals surface area contributed by atoms with E-state index in [0.29, 0.717) is 26.3 Å². The van der Waals surface area contributed by atoms with Crippen LogP contribution in [-0.4, -0.2) is 64.6 Å². The van der Waals surface area contributed by atoms with Crippen LogP contribution in [0.15, 0.2) is 30.6 Å². The van der Waals surface area contributed by atoms with E-state index in [4.69, 9.17) is 4.74 Å². The van der Waals surface area contributed by atoms with E-state index in [1.54, 1.807) is 23.7 Å². The highest BCUT2D eigenvalue weighted by molar-refractivity contribution is 7.18. The van der Waals surface area contributed by atoms with Gasteiger partial charge in [-0.05, 0) is 32.0 Å². The minimum absolute atomic E-state index is 0.0666. The molecule has 4 heterocycles. The number of benzene rings is 1. The third-order valence-electron chi connectivity index (χ3n) is 5.54. The average molecular weight is 410 g/mol. The van der Waals surface area contributed by atoms with Gasteiger partial charge in [0.1, 0.15) is 5.82 Å². The van der Waals surface area contributed by atoms with E-state index >= 15 is 0 Å². The van der Waals surface area contributed by atoms with Crippen LogP contribution in [0.5, 0.6) is 0 Å². The van der Waals surface area contributed by atoms with Crippen LogP contribution in [0.4, 0.5) is 5.82 Å². The number of anilines is 1. The standard InChI is InChI=1S/C21H23N5O2S/c1-13-6-22-7-20(23-13)26-9-15-8-25(10-17(26)12-28-11-15)21(27)16-3-4-18-19(5-16)29-14(2)24-18/h3-7,15,17H,8-12H2,1-2H3/t15-,17-/m0/s1. The molecule has 1 amide bonds. The quantitative estimate of drug-likeness (QED) is 0.648. The number of carbonyl (C=O) groups excluding carboxylic acids is 1. The Morgan fingerprint density at radius 3 is 2.90 bits per heavy atom. The van der Waals surface area contributed by atoms with Gasteiger partial charge in [-0.1, -0.05) is 0 Å². The first-order chi connectivity index (χ1) is 14.1. The summed E-state index contributed by atoms with van der Waals surface area (Å²) in [5.74, 6) is 1.18. The largest absolute Gasteiger partial charge is 0.379 e. The molecule has 29 heavy (non-hydrogen) atoms. The molecule has 2 fully saturated rings. The monoisotopic (exact) mass is 409 g/mol. The number of ether oxygens (including phenoxy) is 1. The van der Waals surface area contributed by atoms with Crippen LogP contribution in [0.3, 0.4) is 0 Å². The fourth-order valence-corrected chi connectivity index (χ4v) is 5.10. The van der Waals surface area contributed by atoms with Crippen LogP contribution < -0.4 is 4.90 Å². The van der Waals surface area contributed by atoms with Crippen molar-refractivity contribution in [2.75, 3.05) is 37.7 Å². The number of nitrogens with zero attached hydrogens (tertiary/aromatic N) is 5. The normalized spacial score (nSPS) is 22.0. The average Bonchev–Trinajstić information content (AvgIpc) is 2.85. The van der Waals surface area contributed by atoms with Crippen molar-refractivity contribution in [1.29, 1.82) is 0 Å². The van der Waals surface area contributed by atoms with Crippen molar-refractivity contribution >= 4 is 33.3 Å². The van der Waals surface area contributed by atoms with Crippen LogP contribution in [-0.2, 0) is 4.74 Å². The summed E-state index contributed by atoms with van der Waals surface area (Å²) in [5.41, 5.74) is 2.57. The van der Waals surface area contributed by atoms with Gasteiger partial charge in [-0.25, -0.2) is 9.97 Å². The predicted molar refractivity (Wildman–Crippen MR) is 112 cm³/mol. The summed E-state index contributed by atoms with van der Waals surface area (Å²) in [6.07, 6.45) is 3.57. The highest BCUT2D eigenvalue weighted by Gasteiger charge is 2.36. The van der Waals surface area contributed by atoms with Gasteiger partial charge in [0.15, 0.2) is 0 Å². The molecule has 2 atom stereocenters. The van der Waals surface area contributed by atoms with Gasteiger partial charge in [0.25, 0.3) is 5.91 Å². The highest BCUT2D eigenvalue weighted by atomic mass is 32.1. The van der Waals surface area contributed by atoms with E-state index in [1.807, 2.05) is 36.9 Å². The summed E-state index contributed by atoms with van der Waals surface area (Å²) < 4.78 is 6.96. The Kier molecular flexibility index (Phi) is 4.67. The third-order valence-corrected chi connectivity index (χ3v) is 6.47. The molecule has 150 valence electrons. The predicted octanol–water partition coefficient (Wildman–Crippen LogP) is 2.68. The fourth-order valence-electron chi connectivity index (χ4n) is 4.23. The minimum atomic E-state index is 0.0666. The van der Waals surface area contributed by atoms with Gasteiger partial charge in [-0.15, -0.1) is 11.3 Å². The van der Waals surface area contributed by atoms with Gasteiger partial charge < -0.3 is 14.5 Å². The molecule has 1 aromatic carbocycles. The summed E-state index contributed by atoms with van der Waals surface area (Å²) in [5, 5.41) is 1.01. The Morgan fingerprint density at radius 2 is 2.03 bits per heavy atom. The van der Waals surface area contributed by atoms with Crippen LogP contribution in [0, 0.1) is 19.8 Å². The lowest BCUT2D eigenvalue weighted by Gasteiger charge is -2.31. The lowest BCUT2D eigenvalue weighted by molar-refractivity contribution is 0.0496. The Balaban J connectivity index is 1.43. The van der Waals surface area contributed by atoms with Crippen molar-refractivity contribution in [1.82, 2.24) is 19.9 Å². The Hall–Kier alpha value is -2.58. The first-order valence-electron chi connectivity index (χ1n) is 9.86. The van der Waals surface area contributed by atoms with Crippen LogP contribution in [0.2, 0.25) is 0 Å². The molecular formula is C21H23N5O2S. The van der Waals surface area contributed by atoms with Crippen molar-refractivity contribution in [3.63, 3.8) is 0 Å². The van der Waals surface area contributed by atoms with E-state index in [9.17, 15) is 4.79 Å². The molecule has 0 saturated carbocycles. The number of carbonyl (C=O) groups is 1. The number of hydrogen-bond acceptors (Lipinski definition) is 7. The molecule has 3 aromatic rings. The molecule has 2 aliphatic rings. The highest BCUT2D eigenvalue weighted by Crippen LogP contribution is 2.27. The van der Waals surface area contributed by atoms with Gasteiger partial charge in [-0.2, -0.15) is 0 Å². The van der Waals surface area contributed by atoms with E-state index in [1.165, 1.54) is 0 Å². The lowest BCUT2D eigenvalue weighted by atomic mass is 10.1. The molecule has 5 rings (SSSR count). The maximum Gasteiger partial charge on any atom is 0.253 e. The summed E-state index contributed by atoms with van der Waals surface area (Å²) >= 11 is 1.62. The van der Waals surface area contributed by atoms with Gasteiger partial charge in [0, 0.05) is 37.3 Å². The molecule has 0 radical (unpaired) electrons. The Labute approximate surface area is 173 Å².